The number of amides is 1. The van der Waals surface area contributed by atoms with Crippen LogP contribution in [0.1, 0.15) is 18.1 Å². The summed E-state index contributed by atoms with van der Waals surface area (Å²) in [6, 6.07) is 4.66. The third-order valence-electron chi connectivity index (χ3n) is 4.94. The topological polar surface area (TPSA) is 63.6 Å². The lowest BCUT2D eigenvalue weighted by Crippen LogP contribution is -2.64. The molecule has 7 nitrogen and oxygen atoms in total. The van der Waals surface area contributed by atoms with Crippen LogP contribution in [0.4, 0.5) is 18.0 Å². The summed E-state index contributed by atoms with van der Waals surface area (Å²) in [4.78, 5) is 14.6. The molecule has 1 fully saturated rings. The van der Waals surface area contributed by atoms with Gasteiger partial charge in [-0.25, -0.2) is 4.79 Å². The van der Waals surface area contributed by atoms with Crippen molar-refractivity contribution in [1.82, 2.24) is 9.91 Å². The summed E-state index contributed by atoms with van der Waals surface area (Å²) >= 11 is 6.64. The van der Waals surface area contributed by atoms with Gasteiger partial charge in [0.25, 0.3) is 0 Å². The molecule has 2 aliphatic rings. The van der Waals surface area contributed by atoms with Crippen molar-refractivity contribution in [2.24, 2.45) is 5.10 Å². The normalized spacial score (nSPS) is 25.7. The molecule has 0 radical (unpaired) electrons. The van der Waals surface area contributed by atoms with Crippen LogP contribution in [-0.4, -0.2) is 79.4 Å². The summed E-state index contributed by atoms with van der Waals surface area (Å²) in [5.74, 6) is 0. The molecular weight excluding hydrogens is 427 g/mol. The number of ether oxygens (including phenoxy) is 3. The predicted molar refractivity (Wildman–Crippen MR) is 103 cm³/mol. The monoisotopic (exact) mass is 449 g/mol. The van der Waals surface area contributed by atoms with Gasteiger partial charge >= 0.3 is 12.3 Å². The SMILES string of the molecule is CCOC(=O)N1N=C(c2cccc(C(F)(F)F)c2)[C@H](Cl)[C@@H](OC)[C@@H]1N1CCOCC1. The zero-order chi connectivity index (χ0) is 21.9. The van der Waals surface area contributed by atoms with E-state index >= 15 is 0 Å². The number of hydrazone groups is 1. The van der Waals surface area contributed by atoms with Gasteiger partial charge in [0, 0.05) is 20.2 Å². The van der Waals surface area contributed by atoms with Gasteiger partial charge in [-0.3, -0.25) is 4.90 Å². The van der Waals surface area contributed by atoms with Gasteiger partial charge in [0.2, 0.25) is 0 Å². The molecule has 0 spiro atoms. The molecule has 11 heteroatoms. The zero-order valence-corrected chi connectivity index (χ0v) is 17.3. The van der Waals surface area contributed by atoms with Crippen molar-refractivity contribution in [1.29, 1.82) is 0 Å². The largest absolute Gasteiger partial charge is 0.448 e. The van der Waals surface area contributed by atoms with E-state index in [1.165, 1.54) is 19.2 Å². The summed E-state index contributed by atoms with van der Waals surface area (Å²) in [6.45, 7) is 3.71. The fraction of sp³-hybridized carbons (Fsp3) is 0.579. The summed E-state index contributed by atoms with van der Waals surface area (Å²) in [5, 5.41) is 4.56. The minimum atomic E-state index is -4.52. The smallest absolute Gasteiger partial charge is 0.432 e. The van der Waals surface area contributed by atoms with Crippen molar-refractivity contribution < 1.29 is 32.2 Å². The third kappa shape index (κ3) is 4.72. The van der Waals surface area contributed by atoms with Crippen LogP contribution in [0, 0.1) is 0 Å². The molecule has 1 aromatic rings. The van der Waals surface area contributed by atoms with Crippen molar-refractivity contribution in [3.63, 3.8) is 0 Å². The average molecular weight is 450 g/mol. The fourth-order valence-corrected chi connectivity index (χ4v) is 3.93. The van der Waals surface area contributed by atoms with Crippen LogP contribution in [0.25, 0.3) is 0 Å². The highest BCUT2D eigenvalue weighted by molar-refractivity contribution is 6.36. The van der Waals surface area contributed by atoms with Crippen LogP contribution in [-0.2, 0) is 20.4 Å². The molecule has 1 aromatic carbocycles. The Bertz CT molecular complexity index is 787. The van der Waals surface area contributed by atoms with Crippen molar-refractivity contribution >= 4 is 23.4 Å². The third-order valence-corrected chi connectivity index (χ3v) is 5.40. The molecule has 30 heavy (non-hydrogen) atoms. The Hall–Kier alpha value is -1.88. The molecule has 166 valence electrons. The molecule has 3 rings (SSSR count). The van der Waals surface area contributed by atoms with Gasteiger partial charge in [-0.05, 0) is 24.6 Å². The van der Waals surface area contributed by atoms with E-state index < -0.39 is 35.5 Å². The molecule has 2 heterocycles. The Balaban J connectivity index is 2.06. The van der Waals surface area contributed by atoms with E-state index in [-0.39, 0.29) is 17.9 Å². The van der Waals surface area contributed by atoms with Crippen LogP contribution in [0.2, 0.25) is 0 Å². The molecule has 0 saturated carbocycles. The summed E-state index contributed by atoms with van der Waals surface area (Å²) in [5.41, 5.74) is -0.577. The number of nitrogens with zero attached hydrogens (tertiary/aromatic N) is 3. The summed E-state index contributed by atoms with van der Waals surface area (Å²) < 4.78 is 55.7. The Kier molecular flexibility index (Phi) is 7.22. The Morgan fingerprint density at radius 2 is 2.03 bits per heavy atom. The first-order valence-corrected chi connectivity index (χ1v) is 9.92. The number of carbonyl (C=O) groups excluding carboxylic acids is 1. The van der Waals surface area contributed by atoms with E-state index in [0.29, 0.717) is 26.3 Å². The van der Waals surface area contributed by atoms with Crippen molar-refractivity contribution in [3.05, 3.63) is 35.4 Å². The molecule has 0 N–H and O–H groups in total. The minimum absolute atomic E-state index is 0.104. The lowest BCUT2D eigenvalue weighted by Gasteiger charge is -2.45. The summed E-state index contributed by atoms with van der Waals surface area (Å²) in [6.07, 6.45) is -6.69. The highest BCUT2D eigenvalue weighted by Gasteiger charge is 2.47. The number of rotatable bonds is 4. The highest BCUT2D eigenvalue weighted by Crippen LogP contribution is 2.33. The molecule has 1 amide bonds. The average Bonchev–Trinajstić information content (AvgIpc) is 2.73. The number of morpholine rings is 1. The Labute approximate surface area is 177 Å². The Morgan fingerprint density at radius 3 is 2.63 bits per heavy atom. The van der Waals surface area contributed by atoms with Crippen LogP contribution >= 0.6 is 11.6 Å². The predicted octanol–water partition coefficient (Wildman–Crippen LogP) is 3.16. The molecule has 0 bridgehead atoms. The van der Waals surface area contributed by atoms with E-state index in [9.17, 15) is 18.0 Å². The number of benzene rings is 1. The maximum atomic E-state index is 13.2. The number of halogens is 4. The highest BCUT2D eigenvalue weighted by atomic mass is 35.5. The van der Waals surface area contributed by atoms with Gasteiger partial charge in [-0.2, -0.15) is 23.3 Å². The second-order valence-corrected chi connectivity index (χ2v) is 7.24. The van der Waals surface area contributed by atoms with Crippen LogP contribution in [0.3, 0.4) is 0 Å². The van der Waals surface area contributed by atoms with Crippen LogP contribution in [0.15, 0.2) is 29.4 Å². The quantitative estimate of drug-likeness (QED) is 0.661. The van der Waals surface area contributed by atoms with Crippen molar-refractivity contribution in [2.75, 3.05) is 40.0 Å². The molecular formula is C19H23ClF3N3O4. The van der Waals surface area contributed by atoms with Gasteiger partial charge in [0.1, 0.15) is 17.6 Å². The van der Waals surface area contributed by atoms with E-state index in [4.69, 9.17) is 25.8 Å². The van der Waals surface area contributed by atoms with Crippen LogP contribution < -0.4 is 0 Å². The van der Waals surface area contributed by atoms with Crippen molar-refractivity contribution in [3.8, 4) is 0 Å². The molecule has 2 aliphatic heterocycles. The Morgan fingerprint density at radius 1 is 1.33 bits per heavy atom. The number of hydrogen-bond donors (Lipinski definition) is 0. The maximum Gasteiger partial charge on any atom is 0.432 e. The summed E-state index contributed by atoms with van der Waals surface area (Å²) in [7, 11) is 1.44. The standard InChI is InChI=1S/C19H23ClF3N3O4/c1-3-30-18(27)26-17(25-7-9-29-10-8-25)16(28-2)14(20)15(24-26)12-5-4-6-13(11-12)19(21,22)23/h4-6,11,14,16-17H,3,7-10H2,1-2H3/t14-,16+,17+/m0/s1. The second kappa shape index (κ2) is 9.51. The number of methoxy groups -OCH3 is 1. The molecule has 0 aromatic heterocycles. The number of carbonyl (C=O) groups is 1. The van der Waals surface area contributed by atoms with Gasteiger partial charge in [0.15, 0.2) is 0 Å². The van der Waals surface area contributed by atoms with Gasteiger partial charge < -0.3 is 14.2 Å². The van der Waals surface area contributed by atoms with E-state index in [1.807, 2.05) is 4.90 Å². The second-order valence-electron chi connectivity index (χ2n) is 6.77. The number of hydrogen-bond acceptors (Lipinski definition) is 6. The van der Waals surface area contributed by atoms with E-state index in [0.717, 1.165) is 17.1 Å². The van der Waals surface area contributed by atoms with Gasteiger partial charge in [-0.1, -0.05) is 12.1 Å². The lowest BCUT2D eigenvalue weighted by atomic mass is 9.97. The first-order valence-electron chi connectivity index (χ1n) is 9.48. The van der Waals surface area contributed by atoms with Gasteiger partial charge in [-0.15, -0.1) is 11.6 Å². The van der Waals surface area contributed by atoms with E-state index in [2.05, 4.69) is 5.10 Å². The van der Waals surface area contributed by atoms with Crippen molar-refractivity contribution in [2.45, 2.75) is 30.7 Å². The zero-order valence-electron chi connectivity index (χ0n) is 16.6. The first-order chi connectivity index (χ1) is 14.3. The van der Waals surface area contributed by atoms with Crippen LogP contribution in [0.5, 0.6) is 0 Å². The van der Waals surface area contributed by atoms with Gasteiger partial charge in [0.05, 0.1) is 31.1 Å². The first kappa shape index (κ1) is 22.8. The minimum Gasteiger partial charge on any atom is -0.448 e. The number of alkyl halides is 4. The van der Waals surface area contributed by atoms with E-state index in [1.54, 1.807) is 6.92 Å². The fourth-order valence-electron chi connectivity index (χ4n) is 3.53. The molecule has 1 saturated heterocycles. The lowest BCUT2D eigenvalue weighted by molar-refractivity contribution is -0.137. The molecule has 3 atom stereocenters. The maximum absolute atomic E-state index is 13.2. The molecule has 0 aliphatic carbocycles. The molecule has 0 unspecified atom stereocenters.